The van der Waals surface area contributed by atoms with Gasteiger partial charge in [0.25, 0.3) is 0 Å². The van der Waals surface area contributed by atoms with Gasteiger partial charge in [0.05, 0.1) is 6.20 Å². The molecule has 178 valence electrons. The molecule has 0 aliphatic carbocycles. The highest BCUT2D eigenvalue weighted by Gasteiger charge is 2.40. The Kier molecular flexibility index (Phi) is 8.66. The first kappa shape index (κ1) is 25.4. The van der Waals surface area contributed by atoms with Crippen molar-refractivity contribution in [3.8, 4) is 11.5 Å². The lowest BCUT2D eigenvalue weighted by Crippen LogP contribution is -2.41. The van der Waals surface area contributed by atoms with Gasteiger partial charge in [-0.3, -0.25) is 4.98 Å². The van der Waals surface area contributed by atoms with E-state index in [0.29, 0.717) is 11.7 Å². The second-order valence-corrected chi connectivity index (χ2v) is 15.3. The van der Waals surface area contributed by atoms with E-state index in [1.807, 2.05) is 18.3 Å². The van der Waals surface area contributed by atoms with Crippen molar-refractivity contribution in [2.24, 2.45) is 0 Å². The average Bonchev–Trinajstić information content (AvgIpc) is 3.25. The van der Waals surface area contributed by atoms with E-state index in [0.717, 1.165) is 30.5 Å². The minimum absolute atomic E-state index is 0.112. The molecule has 2 heterocycles. The monoisotopic (exact) mass is 464 g/mol. The second kappa shape index (κ2) is 11.3. The topological polar surface area (TPSA) is 48.2 Å². The molecule has 1 aromatic carbocycles. The van der Waals surface area contributed by atoms with E-state index in [9.17, 15) is 0 Å². The molecule has 4 nitrogen and oxygen atoms in total. The quantitative estimate of drug-likeness (QED) is 0.211. The van der Waals surface area contributed by atoms with Gasteiger partial charge in [-0.25, -0.2) is 4.98 Å². The summed E-state index contributed by atoms with van der Waals surface area (Å²) < 4.78 is 13.0. The van der Waals surface area contributed by atoms with Crippen LogP contribution in [0.2, 0.25) is 18.1 Å². The maximum Gasteiger partial charge on any atom is 0.222 e. The Morgan fingerprint density at radius 1 is 0.970 bits per heavy atom. The van der Waals surface area contributed by atoms with E-state index in [4.69, 9.17) is 8.84 Å². The summed E-state index contributed by atoms with van der Waals surface area (Å²) in [5.41, 5.74) is 3.40. The maximum atomic E-state index is 6.80. The number of unbranched alkanes of at least 4 members (excludes halogenated alkanes) is 3. The molecule has 0 N–H and O–H groups in total. The molecule has 0 aliphatic rings. The van der Waals surface area contributed by atoms with E-state index >= 15 is 0 Å². The van der Waals surface area contributed by atoms with Gasteiger partial charge in [-0.05, 0) is 67.6 Å². The Labute approximate surface area is 201 Å². The largest absolute Gasteiger partial charge is 0.436 e. The second-order valence-electron chi connectivity index (χ2n) is 10.6. The number of pyridine rings is 1. The van der Waals surface area contributed by atoms with Gasteiger partial charge in [0.1, 0.15) is 11.8 Å². The van der Waals surface area contributed by atoms with Crippen LogP contribution in [0.3, 0.4) is 0 Å². The average molecular weight is 465 g/mol. The van der Waals surface area contributed by atoms with Gasteiger partial charge in [0.15, 0.2) is 14.1 Å². The molecule has 0 fully saturated rings. The number of hydrogen-bond donors (Lipinski definition) is 0. The fourth-order valence-corrected chi connectivity index (χ4v) is 4.93. The molecule has 1 atom stereocenters. The third-order valence-electron chi connectivity index (χ3n) is 6.73. The maximum absolute atomic E-state index is 6.80. The van der Waals surface area contributed by atoms with Crippen LogP contribution in [0, 0.1) is 6.92 Å². The Balaban J connectivity index is 1.63. The molecule has 0 bridgehead atoms. The van der Waals surface area contributed by atoms with Crippen LogP contribution in [0.25, 0.3) is 11.5 Å². The number of rotatable bonds is 11. The molecule has 5 heteroatoms. The van der Waals surface area contributed by atoms with Crippen LogP contribution in [0.15, 0.2) is 59.3 Å². The molecule has 3 aromatic rings. The molecular formula is C28H40N2O2Si. The van der Waals surface area contributed by atoms with E-state index in [2.05, 4.69) is 81.1 Å². The van der Waals surface area contributed by atoms with Crippen molar-refractivity contribution in [2.75, 3.05) is 0 Å². The predicted molar refractivity (Wildman–Crippen MR) is 139 cm³/mol. The smallest absolute Gasteiger partial charge is 0.222 e. The number of oxazole rings is 1. The fraction of sp³-hybridized carbons (Fsp3) is 0.500. The van der Waals surface area contributed by atoms with Crippen molar-refractivity contribution in [1.82, 2.24) is 9.97 Å². The molecule has 1 unspecified atom stereocenters. The summed E-state index contributed by atoms with van der Waals surface area (Å²) in [6.45, 7) is 13.5. The Morgan fingerprint density at radius 2 is 1.70 bits per heavy atom. The SMILES string of the molecule is Cc1ccnc(-c2cnc(C(CCCCCCc3ccccc3)O[Si](C)(C)C(C)(C)C)o2)c1. The van der Waals surface area contributed by atoms with Gasteiger partial charge in [-0.2, -0.15) is 0 Å². The van der Waals surface area contributed by atoms with Crippen molar-refractivity contribution in [1.29, 1.82) is 0 Å². The summed E-state index contributed by atoms with van der Waals surface area (Å²) in [6, 6.07) is 14.8. The normalized spacial score (nSPS) is 13.3. The van der Waals surface area contributed by atoms with E-state index in [1.54, 1.807) is 6.20 Å². The van der Waals surface area contributed by atoms with Crippen LogP contribution < -0.4 is 0 Å². The molecule has 0 aliphatic heterocycles. The number of nitrogens with zero attached hydrogens (tertiary/aromatic N) is 2. The van der Waals surface area contributed by atoms with Crippen LogP contribution in [0.5, 0.6) is 0 Å². The minimum Gasteiger partial charge on any atom is -0.436 e. The first-order valence-corrected chi connectivity index (χ1v) is 15.2. The highest BCUT2D eigenvalue weighted by Crippen LogP contribution is 2.41. The van der Waals surface area contributed by atoms with Gasteiger partial charge in [0.2, 0.25) is 5.89 Å². The third-order valence-corrected chi connectivity index (χ3v) is 11.2. The first-order valence-electron chi connectivity index (χ1n) is 12.3. The Hall–Kier alpha value is -2.24. The Bertz CT molecular complexity index is 992. The lowest BCUT2D eigenvalue weighted by atomic mass is 10.0. The molecule has 0 saturated heterocycles. The van der Waals surface area contributed by atoms with Gasteiger partial charge in [-0.1, -0.05) is 70.4 Å². The van der Waals surface area contributed by atoms with Crippen molar-refractivity contribution >= 4 is 8.32 Å². The summed E-state index contributed by atoms with van der Waals surface area (Å²) in [6.07, 6.45) is 10.3. The molecular weight excluding hydrogens is 424 g/mol. The molecule has 2 aromatic heterocycles. The summed E-state index contributed by atoms with van der Waals surface area (Å²) in [5, 5.41) is 0.133. The van der Waals surface area contributed by atoms with Crippen molar-refractivity contribution < 1.29 is 8.84 Å². The van der Waals surface area contributed by atoms with E-state index in [-0.39, 0.29) is 11.1 Å². The van der Waals surface area contributed by atoms with Gasteiger partial charge in [0, 0.05) is 6.20 Å². The van der Waals surface area contributed by atoms with Crippen LogP contribution >= 0.6 is 0 Å². The van der Waals surface area contributed by atoms with Crippen molar-refractivity contribution in [3.05, 3.63) is 71.9 Å². The van der Waals surface area contributed by atoms with Crippen LogP contribution in [-0.4, -0.2) is 18.3 Å². The minimum atomic E-state index is -1.96. The van der Waals surface area contributed by atoms with E-state index in [1.165, 1.54) is 24.8 Å². The lowest BCUT2D eigenvalue weighted by molar-refractivity contribution is 0.139. The first-order chi connectivity index (χ1) is 15.7. The third kappa shape index (κ3) is 7.37. The molecule has 0 saturated carbocycles. The van der Waals surface area contributed by atoms with Gasteiger partial charge in [-0.15, -0.1) is 0 Å². The summed E-state index contributed by atoms with van der Waals surface area (Å²) in [4.78, 5) is 9.09. The summed E-state index contributed by atoms with van der Waals surface area (Å²) in [5.74, 6) is 1.39. The highest BCUT2D eigenvalue weighted by molar-refractivity contribution is 6.74. The molecule has 0 spiro atoms. The Morgan fingerprint density at radius 3 is 2.39 bits per heavy atom. The zero-order valence-corrected chi connectivity index (χ0v) is 22.2. The van der Waals surface area contributed by atoms with Gasteiger partial charge >= 0.3 is 0 Å². The van der Waals surface area contributed by atoms with Crippen molar-refractivity contribution in [2.45, 2.75) is 90.5 Å². The number of hydrogen-bond acceptors (Lipinski definition) is 4. The molecule has 0 radical (unpaired) electrons. The standard InChI is InChI=1S/C28H40N2O2Si/c1-22-18-19-29-24(20-22)26-21-30-27(31-26)25(32-33(5,6)28(2,3)4)17-13-8-7-10-14-23-15-11-9-12-16-23/h9,11-12,15-16,18-21,25H,7-8,10,13-14,17H2,1-6H3. The van der Waals surface area contributed by atoms with Crippen LogP contribution in [0.4, 0.5) is 0 Å². The summed E-state index contributed by atoms with van der Waals surface area (Å²) >= 11 is 0. The summed E-state index contributed by atoms with van der Waals surface area (Å²) in [7, 11) is -1.96. The van der Waals surface area contributed by atoms with Crippen LogP contribution in [0.1, 0.15) is 76.0 Å². The zero-order valence-electron chi connectivity index (χ0n) is 21.2. The molecule has 33 heavy (non-hydrogen) atoms. The number of benzene rings is 1. The number of aryl methyl sites for hydroxylation is 2. The van der Waals surface area contributed by atoms with Crippen molar-refractivity contribution in [3.63, 3.8) is 0 Å². The fourth-order valence-electron chi connectivity index (χ4n) is 3.65. The van der Waals surface area contributed by atoms with Crippen LogP contribution in [-0.2, 0) is 10.8 Å². The number of aromatic nitrogens is 2. The molecule has 0 amide bonds. The zero-order chi connectivity index (χ0) is 23.9. The molecule has 3 rings (SSSR count). The highest BCUT2D eigenvalue weighted by atomic mass is 28.4. The van der Waals surface area contributed by atoms with E-state index < -0.39 is 8.32 Å². The lowest BCUT2D eigenvalue weighted by Gasteiger charge is -2.38. The van der Waals surface area contributed by atoms with Gasteiger partial charge < -0.3 is 8.84 Å². The predicted octanol–water partition coefficient (Wildman–Crippen LogP) is 8.30.